The van der Waals surface area contributed by atoms with E-state index >= 15 is 0 Å². The summed E-state index contributed by atoms with van der Waals surface area (Å²) < 4.78 is 0. The highest BCUT2D eigenvalue weighted by Crippen LogP contribution is 2.14. The molecule has 16 heavy (non-hydrogen) atoms. The molecule has 0 bridgehead atoms. The van der Waals surface area contributed by atoms with Crippen molar-refractivity contribution in [2.45, 2.75) is 39.5 Å². The Morgan fingerprint density at radius 1 is 1.19 bits per heavy atom. The van der Waals surface area contributed by atoms with Crippen molar-refractivity contribution in [3.63, 3.8) is 0 Å². The quantitative estimate of drug-likeness (QED) is 0.589. The van der Waals surface area contributed by atoms with Gasteiger partial charge in [0, 0.05) is 0 Å². The van der Waals surface area contributed by atoms with Crippen molar-refractivity contribution in [3.05, 3.63) is 59.7 Å². The van der Waals surface area contributed by atoms with E-state index in [1.54, 1.807) is 0 Å². The summed E-state index contributed by atoms with van der Waals surface area (Å²) in [4.78, 5) is 0. The molecule has 0 nitrogen and oxygen atoms in total. The van der Waals surface area contributed by atoms with E-state index < -0.39 is 0 Å². The molecule has 0 N–H and O–H groups in total. The molecule has 0 spiro atoms. The van der Waals surface area contributed by atoms with Gasteiger partial charge >= 0.3 is 0 Å². The normalized spacial score (nSPS) is 12.2. The van der Waals surface area contributed by atoms with E-state index in [1.165, 1.54) is 30.4 Å². The van der Waals surface area contributed by atoms with Crippen molar-refractivity contribution in [2.75, 3.05) is 0 Å². The molecule has 0 atom stereocenters. The fourth-order valence-electron chi connectivity index (χ4n) is 1.72. The first kappa shape index (κ1) is 12.8. The maximum absolute atomic E-state index is 2.27. The molecule has 0 aliphatic rings. The van der Waals surface area contributed by atoms with Crippen molar-refractivity contribution in [1.82, 2.24) is 0 Å². The van der Waals surface area contributed by atoms with Crippen LogP contribution in [0.4, 0.5) is 0 Å². The van der Waals surface area contributed by atoms with Crippen LogP contribution < -0.4 is 0 Å². The Kier molecular flexibility index (Phi) is 6.32. The molecular formula is C16H22. The molecule has 0 radical (unpaired) electrons. The van der Waals surface area contributed by atoms with Crippen LogP contribution in [-0.2, 0) is 6.42 Å². The summed E-state index contributed by atoms with van der Waals surface area (Å²) >= 11 is 0. The number of unbranched alkanes of at least 4 members (excludes halogenated alkanes) is 1. The molecule has 0 aliphatic heterocycles. The number of hydrogen-bond acceptors (Lipinski definition) is 0. The van der Waals surface area contributed by atoms with Crippen LogP contribution in [0.3, 0.4) is 0 Å². The highest BCUT2D eigenvalue weighted by atomic mass is 14.0. The second kappa shape index (κ2) is 7.92. The van der Waals surface area contributed by atoms with Gasteiger partial charge in [-0.25, -0.2) is 0 Å². The molecule has 0 heteroatoms. The summed E-state index contributed by atoms with van der Waals surface area (Å²) in [5.41, 5.74) is 2.94. The lowest BCUT2D eigenvalue weighted by Crippen LogP contribution is -1.90. The van der Waals surface area contributed by atoms with E-state index in [2.05, 4.69) is 62.4 Å². The fraction of sp³-hybridized carbons (Fsp3) is 0.375. The van der Waals surface area contributed by atoms with Gasteiger partial charge in [-0.05, 0) is 31.7 Å². The standard InChI is InChI=1S/C16H22/c1-3-5-10-15(11-6-4-2)14-16-12-8-7-9-13-16/h3,5,7-10,12-13H,4,6,11,14H2,1-2H3/b5-3-,15-10-. The summed E-state index contributed by atoms with van der Waals surface area (Å²) in [5, 5.41) is 0. The third-order valence-corrected chi connectivity index (χ3v) is 2.65. The third-order valence-electron chi connectivity index (χ3n) is 2.65. The zero-order chi connectivity index (χ0) is 11.6. The fourth-order valence-corrected chi connectivity index (χ4v) is 1.72. The lowest BCUT2D eigenvalue weighted by atomic mass is 10.00. The Morgan fingerprint density at radius 2 is 1.94 bits per heavy atom. The van der Waals surface area contributed by atoms with Crippen molar-refractivity contribution in [3.8, 4) is 0 Å². The molecule has 0 fully saturated rings. The molecule has 0 aliphatic carbocycles. The first-order valence-corrected chi connectivity index (χ1v) is 6.21. The number of allylic oxidation sites excluding steroid dienone is 4. The van der Waals surface area contributed by atoms with Crippen LogP contribution >= 0.6 is 0 Å². The molecule has 1 aromatic rings. The van der Waals surface area contributed by atoms with Crippen molar-refractivity contribution >= 4 is 0 Å². The zero-order valence-electron chi connectivity index (χ0n) is 10.4. The molecule has 0 amide bonds. The van der Waals surface area contributed by atoms with Crippen LogP contribution in [0.25, 0.3) is 0 Å². The molecular weight excluding hydrogens is 192 g/mol. The summed E-state index contributed by atoms with van der Waals surface area (Å²) in [7, 11) is 0. The van der Waals surface area contributed by atoms with E-state index in [0.717, 1.165) is 6.42 Å². The van der Waals surface area contributed by atoms with Crippen LogP contribution in [-0.4, -0.2) is 0 Å². The van der Waals surface area contributed by atoms with Crippen LogP contribution in [0.5, 0.6) is 0 Å². The van der Waals surface area contributed by atoms with Gasteiger partial charge in [0.1, 0.15) is 0 Å². The molecule has 1 aromatic carbocycles. The predicted octanol–water partition coefficient (Wildman–Crippen LogP) is 4.92. The van der Waals surface area contributed by atoms with Crippen LogP contribution in [0.1, 0.15) is 38.7 Å². The SMILES string of the molecule is C/C=C\C=C(\CCCC)Cc1ccccc1. The summed E-state index contributed by atoms with van der Waals surface area (Å²) in [6.45, 7) is 4.31. The highest BCUT2D eigenvalue weighted by molar-refractivity contribution is 5.24. The second-order valence-corrected chi connectivity index (χ2v) is 4.12. The Bertz CT molecular complexity index is 330. The van der Waals surface area contributed by atoms with E-state index in [-0.39, 0.29) is 0 Å². The highest BCUT2D eigenvalue weighted by Gasteiger charge is 1.98. The molecule has 86 valence electrons. The van der Waals surface area contributed by atoms with Crippen LogP contribution in [0, 0.1) is 0 Å². The summed E-state index contributed by atoms with van der Waals surface area (Å²) in [5.74, 6) is 0. The van der Waals surface area contributed by atoms with Crippen LogP contribution in [0.2, 0.25) is 0 Å². The lowest BCUT2D eigenvalue weighted by molar-refractivity contribution is 0.772. The smallest absolute Gasteiger partial charge is 0.00640 e. The Hall–Kier alpha value is -1.30. The van der Waals surface area contributed by atoms with Gasteiger partial charge in [0.05, 0.1) is 0 Å². The maximum atomic E-state index is 2.27. The second-order valence-electron chi connectivity index (χ2n) is 4.12. The average Bonchev–Trinajstić information content (AvgIpc) is 2.34. The average molecular weight is 214 g/mol. The molecule has 0 heterocycles. The van der Waals surface area contributed by atoms with Gasteiger partial charge in [0.2, 0.25) is 0 Å². The van der Waals surface area contributed by atoms with E-state index in [9.17, 15) is 0 Å². The van der Waals surface area contributed by atoms with Gasteiger partial charge in [-0.3, -0.25) is 0 Å². The van der Waals surface area contributed by atoms with E-state index in [4.69, 9.17) is 0 Å². The van der Waals surface area contributed by atoms with Gasteiger partial charge in [0.25, 0.3) is 0 Å². The van der Waals surface area contributed by atoms with Gasteiger partial charge in [-0.15, -0.1) is 0 Å². The number of hydrogen-bond donors (Lipinski definition) is 0. The molecule has 0 saturated heterocycles. The number of benzene rings is 1. The van der Waals surface area contributed by atoms with E-state index in [0.29, 0.717) is 0 Å². The first-order valence-electron chi connectivity index (χ1n) is 6.21. The Labute approximate surface area is 99.7 Å². The predicted molar refractivity (Wildman–Crippen MR) is 72.6 cm³/mol. The molecule has 0 aromatic heterocycles. The van der Waals surface area contributed by atoms with Gasteiger partial charge in [0.15, 0.2) is 0 Å². The minimum absolute atomic E-state index is 1.09. The molecule has 0 unspecified atom stereocenters. The topological polar surface area (TPSA) is 0 Å². The third kappa shape index (κ3) is 4.97. The van der Waals surface area contributed by atoms with Crippen molar-refractivity contribution in [2.24, 2.45) is 0 Å². The zero-order valence-corrected chi connectivity index (χ0v) is 10.4. The number of rotatable bonds is 6. The maximum Gasteiger partial charge on any atom is -0.00640 e. The van der Waals surface area contributed by atoms with Crippen molar-refractivity contribution < 1.29 is 0 Å². The van der Waals surface area contributed by atoms with Crippen molar-refractivity contribution in [1.29, 1.82) is 0 Å². The van der Waals surface area contributed by atoms with E-state index in [1.807, 2.05) is 0 Å². The Morgan fingerprint density at radius 3 is 2.56 bits per heavy atom. The largest absolute Gasteiger partial charge is 0.0877 e. The summed E-state index contributed by atoms with van der Waals surface area (Å²) in [6, 6.07) is 10.7. The molecule has 0 saturated carbocycles. The van der Waals surface area contributed by atoms with Crippen LogP contribution in [0.15, 0.2) is 54.1 Å². The Balaban J connectivity index is 2.63. The monoisotopic (exact) mass is 214 g/mol. The van der Waals surface area contributed by atoms with Gasteiger partial charge in [-0.2, -0.15) is 0 Å². The minimum Gasteiger partial charge on any atom is -0.0877 e. The lowest BCUT2D eigenvalue weighted by Gasteiger charge is -2.06. The van der Waals surface area contributed by atoms with Gasteiger partial charge < -0.3 is 0 Å². The minimum atomic E-state index is 1.09. The van der Waals surface area contributed by atoms with Gasteiger partial charge in [-0.1, -0.05) is 67.5 Å². The first-order chi connectivity index (χ1) is 7.86. The summed E-state index contributed by atoms with van der Waals surface area (Å²) in [6.07, 6.45) is 11.4. The molecule has 1 rings (SSSR count).